The third-order valence-corrected chi connectivity index (χ3v) is 8.60. The van der Waals surface area contributed by atoms with E-state index in [9.17, 15) is 14.9 Å². The molecule has 2 unspecified atom stereocenters. The molecule has 10 heteroatoms. The Labute approximate surface area is 253 Å². The van der Waals surface area contributed by atoms with E-state index in [1.54, 1.807) is 12.1 Å². The van der Waals surface area contributed by atoms with Gasteiger partial charge in [-0.1, -0.05) is 54.1 Å². The van der Waals surface area contributed by atoms with Gasteiger partial charge in [-0.15, -0.1) is 5.53 Å². The second kappa shape index (κ2) is 11.1. The maximum absolute atomic E-state index is 13.9. The number of nitriles is 2. The van der Waals surface area contributed by atoms with Crippen molar-refractivity contribution in [3.05, 3.63) is 112 Å². The zero-order valence-corrected chi connectivity index (χ0v) is 23.8. The summed E-state index contributed by atoms with van der Waals surface area (Å²) in [6.07, 6.45) is 6.60. The zero-order valence-electron chi connectivity index (χ0n) is 23.1. The minimum absolute atomic E-state index is 0.0513. The number of hydrazine groups is 2. The van der Waals surface area contributed by atoms with E-state index in [0.717, 1.165) is 36.1 Å². The third-order valence-electron chi connectivity index (χ3n) is 8.31. The molecule has 0 bridgehead atoms. The van der Waals surface area contributed by atoms with Gasteiger partial charge in [-0.2, -0.15) is 10.5 Å². The molecule has 214 valence electrons. The van der Waals surface area contributed by atoms with E-state index in [0.29, 0.717) is 38.9 Å². The van der Waals surface area contributed by atoms with E-state index in [-0.39, 0.29) is 29.7 Å². The average molecular weight is 591 g/mol. The summed E-state index contributed by atoms with van der Waals surface area (Å²) < 4.78 is 13.9. The monoisotopic (exact) mass is 590 g/mol. The van der Waals surface area contributed by atoms with Crippen LogP contribution in [0.4, 0.5) is 15.8 Å². The number of pyridine rings is 1. The first-order valence-corrected chi connectivity index (χ1v) is 14.7. The lowest BCUT2D eigenvalue weighted by Gasteiger charge is -2.24. The number of fused-ring (bicyclic) bond motifs is 1. The molecule has 4 atom stereocenters. The SMILES string of the molecule is N#Cc1cnc2c(Cl)cc(NC(C3=CN(C4CC4)NN3)c3ccc(F)cc3)cc2c1NC(c1ccccc1)[C@H]1C[C@@H]1C#N. The number of aromatic nitrogens is 1. The van der Waals surface area contributed by atoms with E-state index in [1.807, 2.05) is 48.7 Å². The largest absolute Gasteiger partial charge is 0.376 e. The van der Waals surface area contributed by atoms with Crippen LogP contribution >= 0.6 is 11.6 Å². The van der Waals surface area contributed by atoms with Crippen molar-refractivity contribution in [2.24, 2.45) is 11.8 Å². The van der Waals surface area contributed by atoms with Crippen LogP contribution in [0.15, 0.2) is 84.8 Å². The van der Waals surface area contributed by atoms with Crippen molar-refractivity contribution in [1.29, 1.82) is 10.5 Å². The molecule has 2 saturated carbocycles. The summed E-state index contributed by atoms with van der Waals surface area (Å²) in [7, 11) is 0. The van der Waals surface area contributed by atoms with Crippen LogP contribution < -0.4 is 21.6 Å². The highest BCUT2D eigenvalue weighted by molar-refractivity contribution is 6.35. The number of hydrogen-bond acceptors (Lipinski definition) is 8. The maximum atomic E-state index is 13.9. The normalized spacial score (nSPS) is 20.4. The van der Waals surface area contributed by atoms with Crippen molar-refractivity contribution in [2.75, 3.05) is 10.6 Å². The van der Waals surface area contributed by atoms with Crippen LogP contribution in [0.5, 0.6) is 0 Å². The highest BCUT2D eigenvalue weighted by Gasteiger charge is 2.44. The first-order chi connectivity index (χ1) is 21.0. The van der Waals surface area contributed by atoms with Crippen molar-refractivity contribution in [3.8, 4) is 12.1 Å². The van der Waals surface area contributed by atoms with Gasteiger partial charge in [-0.25, -0.2) is 4.39 Å². The summed E-state index contributed by atoms with van der Waals surface area (Å²) in [6.45, 7) is 0. The molecule has 0 amide bonds. The first kappa shape index (κ1) is 27.0. The van der Waals surface area contributed by atoms with Gasteiger partial charge in [0.05, 0.1) is 51.6 Å². The number of nitrogens with one attached hydrogen (secondary N) is 4. The molecule has 0 spiro atoms. The van der Waals surface area contributed by atoms with E-state index in [4.69, 9.17) is 11.6 Å². The lowest BCUT2D eigenvalue weighted by Crippen LogP contribution is -2.38. The van der Waals surface area contributed by atoms with Crippen LogP contribution in [-0.2, 0) is 0 Å². The smallest absolute Gasteiger partial charge is 0.123 e. The Hall–Kier alpha value is -4.83. The fourth-order valence-electron chi connectivity index (χ4n) is 5.77. The van der Waals surface area contributed by atoms with Gasteiger partial charge in [0.2, 0.25) is 0 Å². The molecule has 8 nitrogen and oxygen atoms in total. The molecule has 0 saturated heterocycles. The molecule has 0 radical (unpaired) electrons. The molecule has 7 rings (SSSR count). The Bertz CT molecular complexity index is 1790. The van der Waals surface area contributed by atoms with Gasteiger partial charge >= 0.3 is 0 Å². The topological polar surface area (TPSA) is 112 Å². The second-order valence-corrected chi connectivity index (χ2v) is 11.7. The summed E-state index contributed by atoms with van der Waals surface area (Å²) >= 11 is 6.83. The number of benzene rings is 3. The van der Waals surface area contributed by atoms with Crippen LogP contribution in [-0.4, -0.2) is 16.0 Å². The van der Waals surface area contributed by atoms with Gasteiger partial charge < -0.3 is 16.1 Å². The van der Waals surface area contributed by atoms with Crippen molar-refractivity contribution >= 4 is 33.9 Å². The Morgan fingerprint density at radius 3 is 2.51 bits per heavy atom. The van der Waals surface area contributed by atoms with E-state index in [2.05, 4.69) is 43.7 Å². The number of hydrogen-bond donors (Lipinski definition) is 4. The molecular weight excluding hydrogens is 563 g/mol. The molecule has 4 aromatic rings. The highest BCUT2D eigenvalue weighted by atomic mass is 35.5. The molecule has 4 N–H and O–H groups in total. The van der Waals surface area contributed by atoms with Crippen LogP contribution in [0.1, 0.15) is 48.0 Å². The second-order valence-electron chi connectivity index (χ2n) is 11.3. The van der Waals surface area contributed by atoms with Gasteiger partial charge in [0.25, 0.3) is 0 Å². The Morgan fingerprint density at radius 2 is 1.81 bits per heavy atom. The standard InChI is InChI=1S/C33H28ClFN8/c34-28-14-24(39-32(20-6-8-23(35)9-7-20)29-18-43(42-41-29)25-10-11-25)13-27-31(22(16-37)17-38-33(27)28)40-30(26-12-21(26)15-36)19-4-2-1-3-5-19/h1-9,13-14,17-18,21,25-26,30,32,39,41-42H,10-12H2,(H,38,40)/t21-,26+,30?,32?/m1/s1. The molecule has 3 aromatic carbocycles. The van der Waals surface area contributed by atoms with Crippen molar-refractivity contribution in [3.63, 3.8) is 0 Å². The molecule has 2 fully saturated rings. The third kappa shape index (κ3) is 5.41. The summed E-state index contributed by atoms with van der Waals surface area (Å²) in [5, 5.41) is 30.1. The van der Waals surface area contributed by atoms with Gasteiger partial charge in [-0.05, 0) is 54.7 Å². The van der Waals surface area contributed by atoms with Crippen molar-refractivity contribution in [2.45, 2.75) is 37.4 Å². The molecule has 2 aliphatic carbocycles. The predicted molar refractivity (Wildman–Crippen MR) is 163 cm³/mol. The molecule has 1 aliphatic heterocycles. The van der Waals surface area contributed by atoms with Crippen molar-refractivity contribution in [1.82, 2.24) is 21.0 Å². The van der Waals surface area contributed by atoms with Gasteiger partial charge in [-0.3, -0.25) is 9.99 Å². The first-order valence-electron chi connectivity index (χ1n) is 14.3. The zero-order chi connectivity index (χ0) is 29.5. The van der Waals surface area contributed by atoms with Crippen LogP contribution in [0.2, 0.25) is 5.02 Å². The molecule has 3 aliphatic rings. The van der Waals surface area contributed by atoms with E-state index >= 15 is 0 Å². The number of rotatable bonds is 9. The minimum Gasteiger partial charge on any atom is -0.376 e. The molecule has 1 aromatic heterocycles. The lowest BCUT2D eigenvalue weighted by molar-refractivity contribution is 0.260. The Kier molecular flexibility index (Phi) is 6.98. The number of anilines is 2. The average Bonchev–Trinajstić information content (AvgIpc) is 3.97. The maximum Gasteiger partial charge on any atom is 0.123 e. The molecule has 2 heterocycles. The summed E-state index contributed by atoms with van der Waals surface area (Å²) in [5.74, 6) is -0.246. The molecule has 43 heavy (non-hydrogen) atoms. The molecular formula is C33H28ClFN8. The van der Waals surface area contributed by atoms with Crippen LogP contribution in [0.3, 0.4) is 0 Å². The van der Waals surface area contributed by atoms with Gasteiger partial charge in [0, 0.05) is 35.4 Å². The summed E-state index contributed by atoms with van der Waals surface area (Å²) in [5.41, 5.74) is 11.5. The van der Waals surface area contributed by atoms with Gasteiger partial charge in [0.1, 0.15) is 11.9 Å². The van der Waals surface area contributed by atoms with Gasteiger partial charge in [0.15, 0.2) is 0 Å². The quantitative estimate of drug-likeness (QED) is 0.170. The number of halogens is 2. The van der Waals surface area contributed by atoms with Crippen molar-refractivity contribution < 1.29 is 4.39 Å². The minimum atomic E-state index is -0.353. The number of nitrogens with zero attached hydrogens (tertiary/aromatic N) is 4. The Morgan fingerprint density at radius 1 is 1.02 bits per heavy atom. The van der Waals surface area contributed by atoms with Crippen LogP contribution in [0.25, 0.3) is 10.9 Å². The lowest BCUT2D eigenvalue weighted by atomic mass is 9.99. The highest BCUT2D eigenvalue weighted by Crippen LogP contribution is 2.49. The fourth-order valence-corrected chi connectivity index (χ4v) is 6.04. The Balaban J connectivity index is 1.29. The fraction of sp³-hybridized carbons (Fsp3) is 0.242. The van der Waals surface area contributed by atoms with Crippen LogP contribution in [0, 0.1) is 40.3 Å². The van der Waals surface area contributed by atoms with E-state index in [1.165, 1.54) is 18.3 Å². The summed E-state index contributed by atoms with van der Waals surface area (Å²) in [6, 6.07) is 24.7. The predicted octanol–water partition coefficient (Wildman–Crippen LogP) is 6.69. The summed E-state index contributed by atoms with van der Waals surface area (Å²) in [4.78, 5) is 4.53. The van der Waals surface area contributed by atoms with E-state index < -0.39 is 0 Å².